The van der Waals surface area contributed by atoms with Gasteiger partial charge < -0.3 is 14.8 Å². The Balaban J connectivity index is 1.92. The number of carbonyl (C=O) groups is 2. The number of ether oxygens (including phenoxy) is 2. The van der Waals surface area contributed by atoms with E-state index < -0.39 is 23.4 Å². The minimum absolute atomic E-state index is 0.0230. The Morgan fingerprint density at radius 1 is 1.44 bits per heavy atom. The highest BCUT2D eigenvalue weighted by Gasteiger charge is 2.17. The van der Waals surface area contributed by atoms with Crippen LogP contribution in [0.5, 0.6) is 5.75 Å². The van der Waals surface area contributed by atoms with Gasteiger partial charge in [0, 0.05) is 17.7 Å². The van der Waals surface area contributed by atoms with Gasteiger partial charge in [0.25, 0.3) is 11.6 Å². The monoisotopic (exact) mass is 363 g/mol. The molecule has 10 heteroatoms. The molecule has 1 aromatic carbocycles. The molecule has 0 aliphatic heterocycles. The number of rotatable bonds is 7. The Kier molecular flexibility index (Phi) is 6.18. The van der Waals surface area contributed by atoms with Gasteiger partial charge in [-0.25, -0.2) is 9.78 Å². The third-order valence-electron chi connectivity index (χ3n) is 2.83. The Morgan fingerprint density at radius 3 is 2.88 bits per heavy atom. The van der Waals surface area contributed by atoms with Crippen molar-refractivity contribution in [1.82, 2.24) is 4.98 Å². The number of nitrogens with one attached hydrogen (secondary N) is 1. The molecule has 1 amide bonds. The van der Waals surface area contributed by atoms with Crippen LogP contribution in [0.2, 0.25) is 0 Å². The molecule has 0 aliphatic carbocycles. The minimum atomic E-state index is -0.727. The van der Waals surface area contributed by atoms with Crippen molar-refractivity contribution < 1.29 is 24.0 Å². The molecular weight excluding hydrogens is 350 g/mol. The van der Waals surface area contributed by atoms with Crippen LogP contribution >= 0.6 is 11.3 Å². The summed E-state index contributed by atoms with van der Waals surface area (Å²) >= 11 is 1.34. The number of aromatic nitrogens is 1. The van der Waals surface area contributed by atoms with E-state index in [0.29, 0.717) is 5.01 Å². The number of benzene rings is 1. The molecule has 25 heavy (non-hydrogen) atoms. The summed E-state index contributed by atoms with van der Waals surface area (Å²) in [6, 6.07) is 3.98. The van der Waals surface area contributed by atoms with Crippen molar-refractivity contribution in [3.8, 4) is 5.75 Å². The number of esters is 1. The maximum Gasteiger partial charge on any atom is 0.331 e. The Bertz CT molecular complexity index is 804. The maximum atomic E-state index is 11.8. The smallest absolute Gasteiger partial charge is 0.331 e. The number of thiazole rings is 1. The molecule has 0 saturated heterocycles. The van der Waals surface area contributed by atoms with Gasteiger partial charge in [-0.1, -0.05) is 0 Å². The fraction of sp³-hybridized carbons (Fsp3) is 0.133. The van der Waals surface area contributed by atoms with E-state index in [9.17, 15) is 19.7 Å². The fourth-order valence-electron chi connectivity index (χ4n) is 1.72. The van der Waals surface area contributed by atoms with Gasteiger partial charge in [0.2, 0.25) is 0 Å². The van der Waals surface area contributed by atoms with E-state index in [1.54, 1.807) is 11.6 Å². The zero-order valence-corrected chi connectivity index (χ0v) is 13.8. The normalized spacial score (nSPS) is 10.4. The summed E-state index contributed by atoms with van der Waals surface area (Å²) in [5.41, 5.74) is -0.354. The lowest BCUT2D eigenvalue weighted by Gasteiger charge is -2.07. The third kappa shape index (κ3) is 5.39. The lowest BCUT2D eigenvalue weighted by atomic mass is 10.2. The quantitative estimate of drug-likeness (QED) is 0.346. The maximum absolute atomic E-state index is 11.8. The second-order valence-corrected chi connectivity index (χ2v) is 5.43. The summed E-state index contributed by atoms with van der Waals surface area (Å²) in [5.74, 6) is -1.15. The molecule has 0 fully saturated rings. The summed E-state index contributed by atoms with van der Waals surface area (Å²) in [4.78, 5) is 37.7. The second kappa shape index (κ2) is 8.55. The minimum Gasteiger partial charge on any atom is -0.496 e. The SMILES string of the molecule is COc1ccc(NC(=O)COC(=O)C=Cc2nccs2)c([N+](=O)[O-])c1. The van der Waals surface area contributed by atoms with Gasteiger partial charge in [0.05, 0.1) is 18.1 Å². The van der Waals surface area contributed by atoms with E-state index in [1.165, 1.54) is 42.7 Å². The molecule has 0 saturated carbocycles. The molecule has 1 aromatic heterocycles. The number of amides is 1. The standard InChI is InChI=1S/C15H13N3O6S/c1-23-10-2-3-11(12(8-10)18(21)22)17-13(19)9-24-15(20)5-4-14-16-6-7-25-14/h2-8H,9H2,1H3,(H,17,19). The topological polar surface area (TPSA) is 121 Å². The molecule has 0 unspecified atom stereocenters. The first kappa shape index (κ1) is 18.1. The van der Waals surface area contributed by atoms with Gasteiger partial charge in [0.1, 0.15) is 16.4 Å². The number of anilines is 1. The number of nitrogens with zero attached hydrogens (tertiary/aromatic N) is 2. The van der Waals surface area contributed by atoms with Crippen LogP contribution in [0.1, 0.15) is 5.01 Å². The third-order valence-corrected chi connectivity index (χ3v) is 3.58. The molecule has 0 radical (unpaired) electrons. The van der Waals surface area contributed by atoms with Crippen LogP contribution in [0.3, 0.4) is 0 Å². The van der Waals surface area contributed by atoms with Gasteiger partial charge in [-0.2, -0.15) is 0 Å². The van der Waals surface area contributed by atoms with Crippen molar-refractivity contribution in [1.29, 1.82) is 0 Å². The Hall–Kier alpha value is -3.27. The van der Waals surface area contributed by atoms with Crippen LogP contribution in [0.15, 0.2) is 35.9 Å². The van der Waals surface area contributed by atoms with Crippen molar-refractivity contribution in [3.63, 3.8) is 0 Å². The molecule has 130 valence electrons. The van der Waals surface area contributed by atoms with E-state index in [0.717, 1.165) is 6.08 Å². The largest absolute Gasteiger partial charge is 0.496 e. The molecule has 0 bridgehead atoms. The van der Waals surface area contributed by atoms with E-state index >= 15 is 0 Å². The van der Waals surface area contributed by atoms with E-state index in [4.69, 9.17) is 9.47 Å². The van der Waals surface area contributed by atoms with Gasteiger partial charge in [0.15, 0.2) is 6.61 Å². The van der Waals surface area contributed by atoms with Crippen LogP contribution < -0.4 is 10.1 Å². The predicted octanol–water partition coefficient (Wildman–Crippen LogP) is 2.25. The lowest BCUT2D eigenvalue weighted by molar-refractivity contribution is -0.384. The van der Waals surface area contributed by atoms with Crippen LogP contribution in [0, 0.1) is 10.1 Å². The summed E-state index contributed by atoms with van der Waals surface area (Å²) in [6.07, 6.45) is 4.19. The summed E-state index contributed by atoms with van der Waals surface area (Å²) in [7, 11) is 1.37. The zero-order chi connectivity index (χ0) is 18.2. The highest BCUT2D eigenvalue weighted by atomic mass is 32.1. The van der Waals surface area contributed by atoms with E-state index in [1.807, 2.05) is 0 Å². The highest BCUT2D eigenvalue weighted by Crippen LogP contribution is 2.28. The summed E-state index contributed by atoms with van der Waals surface area (Å²) in [5, 5.41) is 15.7. The molecule has 0 aliphatic rings. The van der Waals surface area contributed by atoms with Gasteiger partial charge >= 0.3 is 5.97 Å². The number of hydrogen-bond acceptors (Lipinski definition) is 8. The van der Waals surface area contributed by atoms with Gasteiger partial charge in [-0.05, 0) is 18.2 Å². The first-order chi connectivity index (χ1) is 12.0. The predicted molar refractivity (Wildman–Crippen MR) is 90.4 cm³/mol. The van der Waals surface area contributed by atoms with E-state index in [-0.39, 0.29) is 17.1 Å². The van der Waals surface area contributed by atoms with Gasteiger partial charge in [-0.15, -0.1) is 11.3 Å². The molecule has 0 atom stereocenters. The first-order valence-corrected chi connectivity index (χ1v) is 7.74. The van der Waals surface area contributed by atoms with Crippen LogP contribution in [-0.2, 0) is 14.3 Å². The van der Waals surface area contributed by atoms with Crippen LogP contribution in [-0.4, -0.2) is 35.5 Å². The number of methoxy groups -OCH3 is 1. The highest BCUT2D eigenvalue weighted by molar-refractivity contribution is 7.10. The van der Waals surface area contributed by atoms with Crippen LogP contribution in [0.4, 0.5) is 11.4 Å². The molecular formula is C15H13N3O6S. The Morgan fingerprint density at radius 2 is 2.24 bits per heavy atom. The number of hydrogen-bond donors (Lipinski definition) is 1. The summed E-state index contributed by atoms with van der Waals surface area (Å²) < 4.78 is 9.67. The summed E-state index contributed by atoms with van der Waals surface area (Å²) in [6.45, 7) is -0.579. The van der Waals surface area contributed by atoms with Crippen LogP contribution in [0.25, 0.3) is 6.08 Å². The van der Waals surface area contributed by atoms with Crippen molar-refractivity contribution in [2.24, 2.45) is 0 Å². The Labute approximate surface area is 146 Å². The van der Waals surface area contributed by atoms with Crippen molar-refractivity contribution in [2.45, 2.75) is 0 Å². The second-order valence-electron chi connectivity index (χ2n) is 4.50. The van der Waals surface area contributed by atoms with Gasteiger partial charge in [-0.3, -0.25) is 14.9 Å². The molecule has 0 spiro atoms. The molecule has 2 aromatic rings. The van der Waals surface area contributed by atoms with E-state index in [2.05, 4.69) is 10.3 Å². The molecule has 9 nitrogen and oxygen atoms in total. The average Bonchev–Trinajstić information content (AvgIpc) is 3.11. The average molecular weight is 363 g/mol. The zero-order valence-electron chi connectivity index (χ0n) is 13.0. The molecule has 1 heterocycles. The lowest BCUT2D eigenvalue weighted by Crippen LogP contribution is -2.20. The number of carbonyl (C=O) groups excluding carboxylic acids is 2. The molecule has 2 rings (SSSR count). The first-order valence-electron chi connectivity index (χ1n) is 6.86. The van der Waals surface area contributed by atoms with Crippen molar-refractivity contribution in [2.75, 3.05) is 19.0 Å². The fourth-order valence-corrected chi connectivity index (χ4v) is 2.25. The van der Waals surface area contributed by atoms with Crippen molar-refractivity contribution in [3.05, 3.63) is 51.0 Å². The number of nitro benzene ring substituents is 1. The molecule has 1 N–H and O–H groups in total. The number of nitro groups is 1. The van der Waals surface area contributed by atoms with Crippen molar-refractivity contribution >= 4 is 40.7 Å².